The van der Waals surface area contributed by atoms with E-state index in [2.05, 4.69) is 34.0 Å². The Morgan fingerprint density at radius 2 is 1.18 bits per heavy atom. The fourth-order valence-electron chi connectivity index (χ4n) is 5.08. The van der Waals surface area contributed by atoms with Gasteiger partial charge in [-0.1, -0.05) is 6.07 Å². The van der Waals surface area contributed by atoms with Crippen molar-refractivity contribution in [2.75, 3.05) is 62.6 Å². The van der Waals surface area contributed by atoms with E-state index < -0.39 is 0 Å². The summed E-state index contributed by atoms with van der Waals surface area (Å²) in [4.78, 5) is 55.2. The predicted molar refractivity (Wildman–Crippen MR) is 154 cm³/mol. The molecular formula is C30H35N7O3. The molecule has 0 atom stereocenters. The normalized spacial score (nSPS) is 15.8. The Hall–Kier alpha value is -4.47. The SMILES string of the molecule is CC(C)Nc1cccnc1N1CCN(C(=O)c2ccc(C(=O)N3CCN(C(=O)c4ccccn4)CC3)cc2)CC1. The molecule has 1 N–H and O–H groups in total. The van der Waals surface area contributed by atoms with E-state index in [0.29, 0.717) is 75.2 Å². The molecule has 2 saturated heterocycles. The first kappa shape index (κ1) is 27.1. The van der Waals surface area contributed by atoms with E-state index in [4.69, 9.17) is 0 Å². The minimum Gasteiger partial charge on any atom is -0.380 e. The molecular weight excluding hydrogens is 506 g/mol. The van der Waals surface area contributed by atoms with Crippen LogP contribution in [0.1, 0.15) is 45.1 Å². The van der Waals surface area contributed by atoms with Gasteiger partial charge in [-0.15, -0.1) is 0 Å². The van der Waals surface area contributed by atoms with Gasteiger partial charge in [-0.25, -0.2) is 4.98 Å². The number of carbonyl (C=O) groups is 3. The highest BCUT2D eigenvalue weighted by Gasteiger charge is 2.27. The van der Waals surface area contributed by atoms with Crippen molar-refractivity contribution in [1.29, 1.82) is 0 Å². The molecule has 2 aliphatic rings. The van der Waals surface area contributed by atoms with Crippen molar-refractivity contribution in [3.8, 4) is 0 Å². The van der Waals surface area contributed by atoms with Crippen LogP contribution in [0.2, 0.25) is 0 Å². The number of aromatic nitrogens is 2. The van der Waals surface area contributed by atoms with Crippen molar-refractivity contribution in [2.24, 2.45) is 0 Å². The van der Waals surface area contributed by atoms with Crippen LogP contribution >= 0.6 is 0 Å². The van der Waals surface area contributed by atoms with Crippen LogP contribution < -0.4 is 10.2 Å². The molecule has 1 aromatic carbocycles. The number of pyridine rings is 2. The van der Waals surface area contributed by atoms with Gasteiger partial charge in [0.15, 0.2) is 5.82 Å². The van der Waals surface area contributed by atoms with Crippen LogP contribution in [-0.4, -0.2) is 101 Å². The fraction of sp³-hybridized carbons (Fsp3) is 0.367. The second-order valence-corrected chi connectivity index (χ2v) is 10.3. The second kappa shape index (κ2) is 12.1. The van der Waals surface area contributed by atoms with E-state index in [1.54, 1.807) is 64.7 Å². The maximum atomic E-state index is 13.2. The lowest BCUT2D eigenvalue weighted by Gasteiger charge is -2.36. The highest BCUT2D eigenvalue weighted by molar-refractivity contribution is 5.98. The number of carbonyl (C=O) groups excluding carboxylic acids is 3. The summed E-state index contributed by atoms with van der Waals surface area (Å²) >= 11 is 0. The lowest BCUT2D eigenvalue weighted by molar-refractivity contribution is 0.0532. The molecule has 0 unspecified atom stereocenters. The number of amides is 3. The fourth-order valence-corrected chi connectivity index (χ4v) is 5.08. The van der Waals surface area contributed by atoms with Gasteiger partial charge in [0.1, 0.15) is 5.69 Å². The number of benzene rings is 1. The zero-order chi connectivity index (χ0) is 28.1. The van der Waals surface area contributed by atoms with Crippen LogP contribution in [0.3, 0.4) is 0 Å². The third-order valence-electron chi connectivity index (χ3n) is 7.21. The van der Waals surface area contributed by atoms with Gasteiger partial charge < -0.3 is 24.9 Å². The van der Waals surface area contributed by atoms with E-state index in [9.17, 15) is 14.4 Å². The molecule has 40 heavy (non-hydrogen) atoms. The average molecular weight is 542 g/mol. The van der Waals surface area contributed by atoms with Crippen LogP contribution in [0.5, 0.6) is 0 Å². The number of nitrogens with one attached hydrogen (secondary N) is 1. The Morgan fingerprint density at radius 1 is 0.650 bits per heavy atom. The predicted octanol–water partition coefficient (Wildman–Crippen LogP) is 2.86. The minimum absolute atomic E-state index is 0.0400. The van der Waals surface area contributed by atoms with Gasteiger partial charge in [-0.2, -0.15) is 0 Å². The van der Waals surface area contributed by atoms with Crippen LogP contribution in [0.25, 0.3) is 0 Å². The molecule has 0 saturated carbocycles. The van der Waals surface area contributed by atoms with Crippen LogP contribution in [-0.2, 0) is 0 Å². The Morgan fingerprint density at radius 3 is 1.70 bits per heavy atom. The van der Waals surface area contributed by atoms with E-state index in [-0.39, 0.29) is 17.7 Å². The molecule has 0 bridgehead atoms. The lowest BCUT2D eigenvalue weighted by Crippen LogP contribution is -2.50. The third kappa shape index (κ3) is 6.06. The Balaban J connectivity index is 1.14. The van der Waals surface area contributed by atoms with E-state index in [1.807, 2.05) is 17.0 Å². The summed E-state index contributed by atoms with van der Waals surface area (Å²) in [6.45, 7) is 8.59. The van der Waals surface area contributed by atoms with Crippen molar-refractivity contribution in [3.63, 3.8) is 0 Å². The Bertz CT molecular complexity index is 1330. The van der Waals surface area contributed by atoms with Gasteiger partial charge in [0, 0.05) is 81.9 Å². The molecule has 5 rings (SSSR count). The molecule has 3 aromatic rings. The van der Waals surface area contributed by atoms with Crippen LogP contribution in [0.4, 0.5) is 11.5 Å². The smallest absolute Gasteiger partial charge is 0.272 e. The van der Waals surface area contributed by atoms with Gasteiger partial charge in [0.2, 0.25) is 0 Å². The Kier molecular flexibility index (Phi) is 8.23. The van der Waals surface area contributed by atoms with Crippen LogP contribution in [0, 0.1) is 0 Å². The maximum Gasteiger partial charge on any atom is 0.272 e. The molecule has 10 heteroatoms. The molecule has 0 radical (unpaired) electrons. The van der Waals surface area contributed by atoms with Crippen molar-refractivity contribution < 1.29 is 14.4 Å². The topological polar surface area (TPSA) is 102 Å². The molecule has 2 fully saturated rings. The summed E-state index contributed by atoms with van der Waals surface area (Å²) in [7, 11) is 0. The third-order valence-corrected chi connectivity index (χ3v) is 7.21. The molecule has 4 heterocycles. The summed E-state index contributed by atoms with van der Waals surface area (Å²) < 4.78 is 0. The first-order valence-corrected chi connectivity index (χ1v) is 13.8. The average Bonchev–Trinajstić information content (AvgIpc) is 3.01. The minimum atomic E-state index is -0.121. The zero-order valence-corrected chi connectivity index (χ0v) is 23.0. The van der Waals surface area contributed by atoms with Gasteiger partial charge in [0.25, 0.3) is 17.7 Å². The van der Waals surface area contributed by atoms with Crippen LogP contribution in [0.15, 0.2) is 67.0 Å². The highest BCUT2D eigenvalue weighted by atomic mass is 16.2. The van der Waals surface area contributed by atoms with Gasteiger partial charge >= 0.3 is 0 Å². The van der Waals surface area contributed by atoms with Gasteiger partial charge in [0.05, 0.1) is 5.69 Å². The highest BCUT2D eigenvalue weighted by Crippen LogP contribution is 2.25. The van der Waals surface area contributed by atoms with Crippen molar-refractivity contribution in [3.05, 3.63) is 83.8 Å². The molecule has 2 aliphatic heterocycles. The Labute approximate surface area is 234 Å². The lowest BCUT2D eigenvalue weighted by atomic mass is 10.1. The van der Waals surface area contributed by atoms with Gasteiger partial charge in [-0.05, 0) is 62.4 Å². The molecule has 3 amide bonds. The first-order chi connectivity index (χ1) is 19.4. The largest absolute Gasteiger partial charge is 0.380 e. The summed E-state index contributed by atoms with van der Waals surface area (Å²) in [6, 6.07) is 16.4. The molecule has 10 nitrogen and oxygen atoms in total. The van der Waals surface area contributed by atoms with Crippen molar-refractivity contribution in [1.82, 2.24) is 24.7 Å². The number of hydrogen-bond donors (Lipinski definition) is 1. The van der Waals surface area contributed by atoms with Crippen molar-refractivity contribution >= 4 is 29.2 Å². The number of hydrogen-bond acceptors (Lipinski definition) is 7. The quantitative estimate of drug-likeness (QED) is 0.512. The number of anilines is 2. The standard InChI is InChI=1S/C30H35N7O3/c1-22(2)33-25-7-5-13-32-27(25)34-14-16-35(17-15-34)28(38)23-8-10-24(11-9-23)29(39)36-18-20-37(21-19-36)30(40)26-6-3-4-12-31-26/h3-13,22,33H,14-21H2,1-2H3. The summed E-state index contributed by atoms with van der Waals surface area (Å²) in [5, 5.41) is 3.45. The molecule has 0 aliphatic carbocycles. The van der Waals surface area contributed by atoms with E-state index >= 15 is 0 Å². The van der Waals surface area contributed by atoms with Crippen molar-refractivity contribution in [2.45, 2.75) is 19.9 Å². The summed E-state index contributed by atoms with van der Waals surface area (Å²) in [5.41, 5.74) is 2.51. The first-order valence-electron chi connectivity index (χ1n) is 13.8. The van der Waals surface area contributed by atoms with Gasteiger partial charge in [-0.3, -0.25) is 19.4 Å². The summed E-state index contributed by atoms with van der Waals surface area (Å²) in [6.07, 6.45) is 3.40. The molecule has 208 valence electrons. The van der Waals surface area contributed by atoms with E-state index in [1.165, 1.54) is 0 Å². The molecule has 0 spiro atoms. The maximum absolute atomic E-state index is 13.2. The summed E-state index contributed by atoms with van der Waals surface area (Å²) in [5.74, 6) is 0.651. The number of nitrogens with zero attached hydrogens (tertiary/aromatic N) is 6. The second-order valence-electron chi connectivity index (χ2n) is 10.3. The number of piperazine rings is 2. The zero-order valence-electron chi connectivity index (χ0n) is 23.0. The van der Waals surface area contributed by atoms with E-state index in [0.717, 1.165) is 11.5 Å². The number of rotatable bonds is 6. The monoisotopic (exact) mass is 541 g/mol. The molecule has 2 aromatic heterocycles.